The molecular formula is C19H27NO2. The van der Waals surface area contributed by atoms with E-state index in [4.69, 9.17) is 5.73 Å². The van der Waals surface area contributed by atoms with E-state index in [9.17, 15) is 9.59 Å². The summed E-state index contributed by atoms with van der Waals surface area (Å²) in [5.74, 6) is -0.185. The number of hydrogen-bond acceptors (Lipinski definition) is 3. The standard InChI is InChI=1S/C10H6O2.C9H21N/c11-9-5-6-10(12)8-4-2-1-3-7(8)9;1-3-4-5-6-7-8-9(2)10/h1-6H;9H,3-8,10H2,1-2H3. The smallest absolute Gasteiger partial charge is 0.186 e. The SMILES string of the molecule is CCCCCCCC(C)N.O=C1C=CC(=O)c2ccccc21. The predicted molar refractivity (Wildman–Crippen MR) is 91.3 cm³/mol. The number of hydrogen-bond donors (Lipinski definition) is 1. The van der Waals surface area contributed by atoms with Crippen molar-refractivity contribution in [2.75, 3.05) is 0 Å². The van der Waals surface area contributed by atoms with Gasteiger partial charge in [0, 0.05) is 17.2 Å². The molecule has 3 heteroatoms. The summed E-state index contributed by atoms with van der Waals surface area (Å²) in [6.45, 7) is 4.32. The quantitative estimate of drug-likeness (QED) is 0.796. The monoisotopic (exact) mass is 301 g/mol. The maximum absolute atomic E-state index is 11.2. The van der Waals surface area contributed by atoms with Crippen LogP contribution in [-0.2, 0) is 0 Å². The Morgan fingerprint density at radius 3 is 1.86 bits per heavy atom. The molecule has 1 aliphatic carbocycles. The third kappa shape index (κ3) is 6.35. The van der Waals surface area contributed by atoms with E-state index in [0.717, 1.165) is 0 Å². The first-order valence-electron chi connectivity index (χ1n) is 8.17. The van der Waals surface area contributed by atoms with Crippen molar-refractivity contribution in [2.45, 2.75) is 58.4 Å². The zero-order chi connectivity index (χ0) is 16.4. The first kappa shape index (κ1) is 18.3. The molecule has 0 aromatic heterocycles. The Labute approximate surface area is 133 Å². The fourth-order valence-corrected chi connectivity index (χ4v) is 2.31. The number of rotatable bonds is 6. The van der Waals surface area contributed by atoms with E-state index < -0.39 is 0 Å². The minimum Gasteiger partial charge on any atom is -0.328 e. The van der Waals surface area contributed by atoms with Crippen molar-refractivity contribution in [1.29, 1.82) is 0 Å². The zero-order valence-corrected chi connectivity index (χ0v) is 13.7. The lowest BCUT2D eigenvalue weighted by atomic mass is 9.95. The van der Waals surface area contributed by atoms with Gasteiger partial charge in [0.2, 0.25) is 0 Å². The van der Waals surface area contributed by atoms with Gasteiger partial charge in [-0.05, 0) is 25.5 Å². The van der Waals surface area contributed by atoms with Crippen LogP contribution in [0.5, 0.6) is 0 Å². The Morgan fingerprint density at radius 1 is 0.909 bits per heavy atom. The highest BCUT2D eigenvalue weighted by molar-refractivity contribution is 6.21. The van der Waals surface area contributed by atoms with Crippen LogP contribution >= 0.6 is 0 Å². The molecule has 0 bridgehead atoms. The second-order valence-corrected chi connectivity index (χ2v) is 5.79. The lowest BCUT2D eigenvalue weighted by Crippen LogP contribution is -2.13. The lowest BCUT2D eigenvalue weighted by molar-refractivity contribution is 0.0994. The van der Waals surface area contributed by atoms with Crippen molar-refractivity contribution in [1.82, 2.24) is 0 Å². The van der Waals surface area contributed by atoms with Gasteiger partial charge in [-0.2, -0.15) is 0 Å². The number of benzene rings is 1. The fraction of sp³-hybridized carbons (Fsp3) is 0.474. The lowest BCUT2D eigenvalue weighted by Gasteiger charge is -2.06. The van der Waals surface area contributed by atoms with Crippen molar-refractivity contribution in [3.8, 4) is 0 Å². The second kappa shape index (κ2) is 10.1. The van der Waals surface area contributed by atoms with Gasteiger partial charge in [0.15, 0.2) is 11.6 Å². The molecule has 0 aliphatic heterocycles. The van der Waals surface area contributed by atoms with Crippen LogP contribution in [0.25, 0.3) is 0 Å². The van der Waals surface area contributed by atoms with Crippen LogP contribution in [0.2, 0.25) is 0 Å². The van der Waals surface area contributed by atoms with E-state index >= 15 is 0 Å². The van der Waals surface area contributed by atoms with Gasteiger partial charge in [0.1, 0.15) is 0 Å². The van der Waals surface area contributed by atoms with Crippen molar-refractivity contribution < 1.29 is 9.59 Å². The summed E-state index contributed by atoms with van der Waals surface area (Å²) in [5.41, 5.74) is 6.62. The second-order valence-electron chi connectivity index (χ2n) is 5.79. The van der Waals surface area contributed by atoms with Crippen molar-refractivity contribution in [2.24, 2.45) is 5.73 Å². The Balaban J connectivity index is 0.000000225. The van der Waals surface area contributed by atoms with Crippen LogP contribution in [0.15, 0.2) is 36.4 Å². The molecule has 1 atom stereocenters. The third-order valence-corrected chi connectivity index (χ3v) is 3.61. The van der Waals surface area contributed by atoms with Crippen LogP contribution in [0.3, 0.4) is 0 Å². The molecule has 3 nitrogen and oxygen atoms in total. The first-order valence-corrected chi connectivity index (χ1v) is 8.17. The number of fused-ring (bicyclic) bond motifs is 1. The summed E-state index contributed by atoms with van der Waals surface area (Å²) >= 11 is 0. The molecule has 0 spiro atoms. The van der Waals surface area contributed by atoms with Gasteiger partial charge in [-0.15, -0.1) is 0 Å². The van der Waals surface area contributed by atoms with Crippen LogP contribution in [-0.4, -0.2) is 17.6 Å². The van der Waals surface area contributed by atoms with Gasteiger partial charge in [-0.1, -0.05) is 63.3 Å². The first-order chi connectivity index (χ1) is 10.6. The normalized spacial score (nSPS) is 14.1. The van der Waals surface area contributed by atoms with Gasteiger partial charge in [-0.25, -0.2) is 0 Å². The van der Waals surface area contributed by atoms with E-state index in [1.54, 1.807) is 24.3 Å². The van der Waals surface area contributed by atoms with E-state index in [2.05, 4.69) is 13.8 Å². The average molecular weight is 301 g/mol. The van der Waals surface area contributed by atoms with E-state index in [-0.39, 0.29) is 11.6 Å². The number of nitrogens with two attached hydrogens (primary N) is 1. The van der Waals surface area contributed by atoms with Crippen LogP contribution < -0.4 is 5.73 Å². The molecule has 1 aromatic rings. The minimum absolute atomic E-state index is 0.0924. The summed E-state index contributed by atoms with van der Waals surface area (Å²) in [6.07, 6.45) is 10.6. The summed E-state index contributed by atoms with van der Waals surface area (Å²) in [6, 6.07) is 7.24. The molecule has 0 radical (unpaired) electrons. The number of carbonyl (C=O) groups is 2. The van der Waals surface area contributed by atoms with Crippen molar-refractivity contribution in [3.05, 3.63) is 47.5 Å². The molecular weight excluding hydrogens is 274 g/mol. The number of carbonyl (C=O) groups excluding carboxylic acids is 2. The topological polar surface area (TPSA) is 60.2 Å². The van der Waals surface area contributed by atoms with Crippen molar-refractivity contribution in [3.63, 3.8) is 0 Å². The molecule has 22 heavy (non-hydrogen) atoms. The number of ketones is 2. The van der Waals surface area contributed by atoms with Gasteiger partial charge < -0.3 is 5.73 Å². The molecule has 0 heterocycles. The maximum Gasteiger partial charge on any atom is 0.186 e. The molecule has 2 N–H and O–H groups in total. The molecule has 2 rings (SSSR count). The highest BCUT2D eigenvalue weighted by Gasteiger charge is 2.16. The Hall–Kier alpha value is -1.74. The van der Waals surface area contributed by atoms with Crippen molar-refractivity contribution >= 4 is 11.6 Å². The fourth-order valence-electron chi connectivity index (χ4n) is 2.31. The summed E-state index contributed by atoms with van der Waals surface area (Å²) < 4.78 is 0. The predicted octanol–water partition coefficient (Wildman–Crippen LogP) is 4.32. The number of unbranched alkanes of at least 4 members (excludes halogenated alkanes) is 4. The minimum atomic E-state index is -0.0924. The molecule has 0 saturated heterocycles. The van der Waals surface area contributed by atoms with Gasteiger partial charge in [-0.3, -0.25) is 9.59 Å². The largest absolute Gasteiger partial charge is 0.328 e. The Bertz CT molecular complexity index is 481. The zero-order valence-electron chi connectivity index (χ0n) is 13.7. The molecule has 1 aliphatic rings. The Kier molecular flexibility index (Phi) is 8.38. The molecule has 120 valence electrons. The third-order valence-electron chi connectivity index (χ3n) is 3.61. The summed E-state index contributed by atoms with van der Waals surface area (Å²) in [5, 5.41) is 0. The molecule has 1 aromatic carbocycles. The highest BCUT2D eigenvalue weighted by atomic mass is 16.1. The van der Waals surface area contributed by atoms with Crippen LogP contribution in [0.4, 0.5) is 0 Å². The molecule has 0 fully saturated rings. The van der Waals surface area contributed by atoms with E-state index in [1.807, 2.05) is 0 Å². The van der Waals surface area contributed by atoms with Gasteiger partial charge in [0.25, 0.3) is 0 Å². The summed E-state index contributed by atoms with van der Waals surface area (Å²) in [7, 11) is 0. The van der Waals surface area contributed by atoms with Crippen LogP contribution in [0.1, 0.15) is 73.1 Å². The molecule has 1 unspecified atom stereocenters. The maximum atomic E-state index is 11.2. The van der Waals surface area contributed by atoms with Crippen LogP contribution in [0, 0.1) is 0 Å². The molecule has 0 amide bonds. The number of allylic oxidation sites excluding steroid dienone is 2. The van der Waals surface area contributed by atoms with E-state index in [0.29, 0.717) is 17.2 Å². The van der Waals surface area contributed by atoms with E-state index in [1.165, 1.54) is 50.7 Å². The average Bonchev–Trinajstić information content (AvgIpc) is 2.51. The Morgan fingerprint density at radius 2 is 1.41 bits per heavy atom. The molecule has 0 saturated carbocycles. The van der Waals surface area contributed by atoms with Gasteiger partial charge in [0.05, 0.1) is 0 Å². The highest BCUT2D eigenvalue weighted by Crippen LogP contribution is 2.15. The van der Waals surface area contributed by atoms with Gasteiger partial charge >= 0.3 is 0 Å². The summed E-state index contributed by atoms with van der Waals surface area (Å²) in [4.78, 5) is 22.4.